The van der Waals surface area contributed by atoms with Crippen molar-refractivity contribution in [3.05, 3.63) is 49.1 Å². The van der Waals surface area contributed by atoms with Gasteiger partial charge in [0.15, 0.2) is 0 Å². The highest BCUT2D eigenvalue weighted by Crippen LogP contribution is 2.14. The van der Waals surface area contributed by atoms with Crippen LogP contribution in [0.15, 0.2) is 49.1 Å². The summed E-state index contributed by atoms with van der Waals surface area (Å²) in [6.07, 6.45) is 9.04. The number of rotatable bonds is 6. The molecular formula is C14H24. The molecule has 0 heterocycles. The standard InChI is InChI=1S/C12H18.C2H6/c1-5-7-9-11(3)12(4)10-8-6-2;1-2/h5,7,9H,1,3-4,6,8,10H2,2H3;1-2H3/b9-7-;. The Kier molecular flexibility index (Phi) is 13.2. The maximum Gasteiger partial charge on any atom is -0.0279 e. The van der Waals surface area contributed by atoms with E-state index in [1.165, 1.54) is 12.8 Å². The van der Waals surface area contributed by atoms with E-state index >= 15 is 0 Å². The second kappa shape index (κ2) is 12.0. The zero-order valence-electron chi connectivity index (χ0n) is 9.97. The minimum absolute atomic E-state index is 1.02. The van der Waals surface area contributed by atoms with Gasteiger partial charge < -0.3 is 0 Å². The molecule has 0 atom stereocenters. The molecule has 0 radical (unpaired) electrons. The van der Waals surface area contributed by atoms with Gasteiger partial charge in [-0.3, -0.25) is 0 Å². The van der Waals surface area contributed by atoms with E-state index in [-0.39, 0.29) is 0 Å². The molecule has 0 aliphatic heterocycles. The maximum atomic E-state index is 3.96. The van der Waals surface area contributed by atoms with Crippen LogP contribution in [-0.2, 0) is 0 Å². The molecule has 0 unspecified atom stereocenters. The van der Waals surface area contributed by atoms with Gasteiger partial charge in [0.05, 0.1) is 0 Å². The summed E-state index contributed by atoms with van der Waals surface area (Å²) in [6, 6.07) is 0. The molecule has 0 nitrogen and oxygen atoms in total. The van der Waals surface area contributed by atoms with Crippen molar-refractivity contribution in [2.45, 2.75) is 40.0 Å². The van der Waals surface area contributed by atoms with E-state index < -0.39 is 0 Å². The summed E-state index contributed by atoms with van der Waals surface area (Å²) < 4.78 is 0. The van der Waals surface area contributed by atoms with Crippen LogP contribution in [0.1, 0.15) is 40.0 Å². The molecule has 0 spiro atoms. The topological polar surface area (TPSA) is 0 Å². The Balaban J connectivity index is 0. The average Bonchev–Trinajstić information content (AvgIpc) is 2.25. The van der Waals surface area contributed by atoms with Crippen LogP contribution in [0.4, 0.5) is 0 Å². The summed E-state index contributed by atoms with van der Waals surface area (Å²) in [7, 11) is 0. The zero-order chi connectivity index (χ0) is 11.4. The third kappa shape index (κ3) is 9.05. The first-order valence-electron chi connectivity index (χ1n) is 5.38. The lowest BCUT2D eigenvalue weighted by Gasteiger charge is -2.02. The monoisotopic (exact) mass is 192 g/mol. The third-order valence-electron chi connectivity index (χ3n) is 1.72. The van der Waals surface area contributed by atoms with Crippen LogP contribution in [0.3, 0.4) is 0 Å². The third-order valence-corrected chi connectivity index (χ3v) is 1.72. The van der Waals surface area contributed by atoms with Gasteiger partial charge >= 0.3 is 0 Å². The number of allylic oxidation sites excluding steroid dienone is 5. The van der Waals surface area contributed by atoms with Gasteiger partial charge in [-0.1, -0.05) is 65.2 Å². The predicted octanol–water partition coefficient (Wildman–Crippen LogP) is 5.06. The molecule has 0 aromatic carbocycles. The Labute approximate surface area is 89.7 Å². The fourth-order valence-corrected chi connectivity index (χ4v) is 0.853. The van der Waals surface area contributed by atoms with Crippen LogP contribution in [0.2, 0.25) is 0 Å². The summed E-state index contributed by atoms with van der Waals surface area (Å²) in [5, 5.41) is 0. The van der Waals surface area contributed by atoms with E-state index in [1.807, 2.05) is 26.0 Å². The SMILES string of the molecule is C=C/C=C\C(=C)C(=C)CCCC.CC. The van der Waals surface area contributed by atoms with Gasteiger partial charge in [0.25, 0.3) is 0 Å². The molecule has 0 aliphatic carbocycles. The molecule has 0 aromatic rings. The van der Waals surface area contributed by atoms with Crippen molar-refractivity contribution in [2.75, 3.05) is 0 Å². The lowest BCUT2D eigenvalue weighted by atomic mass is 10.0. The lowest BCUT2D eigenvalue weighted by Crippen LogP contribution is -1.83. The molecule has 0 rings (SSSR count). The molecule has 0 aliphatic rings. The summed E-state index contributed by atoms with van der Waals surface area (Å²) >= 11 is 0. The first-order chi connectivity index (χ1) is 6.72. The van der Waals surface area contributed by atoms with Crippen molar-refractivity contribution in [3.8, 4) is 0 Å². The Bertz CT molecular complexity index is 194. The Hall–Kier alpha value is -1.04. The van der Waals surface area contributed by atoms with Gasteiger partial charge in [-0.05, 0) is 24.0 Å². The van der Waals surface area contributed by atoms with Crippen molar-refractivity contribution in [2.24, 2.45) is 0 Å². The molecule has 0 saturated carbocycles. The molecule has 0 N–H and O–H groups in total. The van der Waals surface area contributed by atoms with Crippen LogP contribution in [0.5, 0.6) is 0 Å². The van der Waals surface area contributed by atoms with Gasteiger partial charge in [0.1, 0.15) is 0 Å². The van der Waals surface area contributed by atoms with Gasteiger partial charge in [0.2, 0.25) is 0 Å². The van der Waals surface area contributed by atoms with Crippen LogP contribution in [0, 0.1) is 0 Å². The van der Waals surface area contributed by atoms with E-state index in [0.717, 1.165) is 17.6 Å². The molecule has 80 valence electrons. The van der Waals surface area contributed by atoms with Crippen LogP contribution in [0.25, 0.3) is 0 Å². The first kappa shape index (κ1) is 15.4. The van der Waals surface area contributed by atoms with Crippen molar-refractivity contribution in [3.63, 3.8) is 0 Å². The lowest BCUT2D eigenvalue weighted by molar-refractivity contribution is 0.796. The van der Waals surface area contributed by atoms with Crippen LogP contribution in [-0.4, -0.2) is 0 Å². The number of hydrogen-bond acceptors (Lipinski definition) is 0. The molecule has 0 heteroatoms. The highest BCUT2D eigenvalue weighted by atomic mass is 14.0. The van der Waals surface area contributed by atoms with E-state index in [4.69, 9.17) is 0 Å². The average molecular weight is 192 g/mol. The normalized spacial score (nSPS) is 9.07. The fourth-order valence-electron chi connectivity index (χ4n) is 0.853. The summed E-state index contributed by atoms with van der Waals surface area (Å²) in [4.78, 5) is 0. The minimum Gasteiger partial charge on any atom is -0.0991 e. The van der Waals surface area contributed by atoms with Gasteiger partial charge in [-0.15, -0.1) is 0 Å². The Morgan fingerprint density at radius 2 is 1.79 bits per heavy atom. The smallest absolute Gasteiger partial charge is 0.0279 e. The van der Waals surface area contributed by atoms with Gasteiger partial charge in [-0.2, -0.15) is 0 Å². The van der Waals surface area contributed by atoms with Crippen molar-refractivity contribution in [1.29, 1.82) is 0 Å². The molecule has 0 amide bonds. The zero-order valence-corrected chi connectivity index (χ0v) is 9.97. The second-order valence-electron chi connectivity index (χ2n) is 2.83. The molecule has 0 saturated heterocycles. The summed E-state index contributed by atoms with van der Waals surface area (Å²) in [6.45, 7) is 17.6. The summed E-state index contributed by atoms with van der Waals surface area (Å²) in [5.74, 6) is 0. The van der Waals surface area contributed by atoms with Crippen molar-refractivity contribution < 1.29 is 0 Å². The quantitative estimate of drug-likeness (QED) is 0.516. The fraction of sp³-hybridized carbons (Fsp3) is 0.429. The molecule has 0 fully saturated rings. The van der Waals surface area contributed by atoms with Crippen LogP contribution < -0.4 is 0 Å². The van der Waals surface area contributed by atoms with E-state index in [9.17, 15) is 0 Å². The minimum atomic E-state index is 1.02. The molecular weight excluding hydrogens is 168 g/mol. The van der Waals surface area contributed by atoms with Gasteiger partial charge in [0, 0.05) is 0 Å². The number of hydrogen-bond donors (Lipinski definition) is 0. The van der Waals surface area contributed by atoms with E-state index in [2.05, 4.69) is 26.7 Å². The molecule has 14 heavy (non-hydrogen) atoms. The Morgan fingerprint density at radius 3 is 2.21 bits per heavy atom. The largest absolute Gasteiger partial charge is 0.0991 e. The Morgan fingerprint density at radius 1 is 1.21 bits per heavy atom. The summed E-state index contributed by atoms with van der Waals surface area (Å²) in [5.41, 5.74) is 2.15. The van der Waals surface area contributed by atoms with E-state index in [1.54, 1.807) is 6.08 Å². The highest BCUT2D eigenvalue weighted by molar-refractivity contribution is 5.36. The van der Waals surface area contributed by atoms with E-state index in [0.29, 0.717) is 0 Å². The maximum absolute atomic E-state index is 3.96. The molecule has 0 bridgehead atoms. The van der Waals surface area contributed by atoms with Crippen molar-refractivity contribution >= 4 is 0 Å². The number of unbranched alkanes of at least 4 members (excludes halogenated alkanes) is 1. The first-order valence-corrected chi connectivity index (χ1v) is 5.38. The highest BCUT2D eigenvalue weighted by Gasteiger charge is 1.94. The molecule has 0 aromatic heterocycles. The predicted molar refractivity (Wildman–Crippen MR) is 68.5 cm³/mol. The second-order valence-corrected chi connectivity index (χ2v) is 2.83. The van der Waals surface area contributed by atoms with Crippen molar-refractivity contribution in [1.82, 2.24) is 0 Å². The van der Waals surface area contributed by atoms with Crippen LogP contribution >= 0.6 is 0 Å². The van der Waals surface area contributed by atoms with Gasteiger partial charge in [-0.25, -0.2) is 0 Å².